The van der Waals surface area contributed by atoms with Crippen molar-refractivity contribution in [3.8, 4) is 0 Å². The second kappa shape index (κ2) is 8.47. The molecule has 0 aliphatic rings. The van der Waals surface area contributed by atoms with Crippen LogP contribution in [0.2, 0.25) is 5.02 Å². The molecule has 0 unspecified atom stereocenters. The first kappa shape index (κ1) is 21.8. The quantitative estimate of drug-likeness (QED) is 0.467. The van der Waals surface area contributed by atoms with E-state index in [0.29, 0.717) is 17.5 Å². The highest BCUT2D eigenvalue weighted by Crippen LogP contribution is 2.43. The van der Waals surface area contributed by atoms with E-state index in [4.69, 9.17) is 11.6 Å². The number of anilines is 1. The molecule has 30 heavy (non-hydrogen) atoms. The van der Waals surface area contributed by atoms with Crippen LogP contribution < -0.4 is 4.90 Å². The number of pyridine rings is 3. The molecular weight excluding hydrogens is 434 g/mol. The summed E-state index contributed by atoms with van der Waals surface area (Å²) < 4.78 is 80.2. The Labute approximate surface area is 172 Å². The fraction of sp³-hybridized carbons (Fsp3) is 0.211. The SMILES string of the molecule is FC(F)(F)c1cc(N(Cc2ccccn2)Cc2ccccn2)nc(C(F)(F)F)c1Cl. The van der Waals surface area contributed by atoms with Crippen LogP contribution in [0, 0.1) is 0 Å². The predicted molar refractivity (Wildman–Crippen MR) is 97.6 cm³/mol. The van der Waals surface area contributed by atoms with Gasteiger partial charge in [0.15, 0.2) is 5.69 Å². The van der Waals surface area contributed by atoms with Crippen molar-refractivity contribution < 1.29 is 26.3 Å². The van der Waals surface area contributed by atoms with E-state index in [1.165, 1.54) is 17.3 Å². The smallest absolute Gasteiger partial charge is 0.345 e. The number of rotatable bonds is 5. The van der Waals surface area contributed by atoms with Crippen molar-refractivity contribution >= 4 is 17.4 Å². The van der Waals surface area contributed by atoms with Crippen molar-refractivity contribution in [1.82, 2.24) is 15.0 Å². The van der Waals surface area contributed by atoms with Crippen molar-refractivity contribution in [2.45, 2.75) is 25.4 Å². The third-order valence-corrected chi connectivity index (χ3v) is 4.38. The maximum atomic E-state index is 13.4. The van der Waals surface area contributed by atoms with Crippen LogP contribution in [0.3, 0.4) is 0 Å². The normalized spacial score (nSPS) is 12.1. The van der Waals surface area contributed by atoms with Crippen LogP contribution in [-0.2, 0) is 25.4 Å². The molecule has 158 valence electrons. The van der Waals surface area contributed by atoms with E-state index in [0.717, 1.165) is 0 Å². The van der Waals surface area contributed by atoms with Gasteiger partial charge in [0.2, 0.25) is 0 Å². The van der Waals surface area contributed by atoms with Crippen molar-refractivity contribution in [3.63, 3.8) is 0 Å². The summed E-state index contributed by atoms with van der Waals surface area (Å²) in [4.78, 5) is 12.8. The Hall–Kier alpha value is -2.88. The summed E-state index contributed by atoms with van der Waals surface area (Å²) in [6, 6.07) is 10.3. The Morgan fingerprint density at radius 3 is 1.73 bits per heavy atom. The van der Waals surface area contributed by atoms with E-state index >= 15 is 0 Å². The zero-order chi connectivity index (χ0) is 21.9. The number of aromatic nitrogens is 3. The number of alkyl halides is 6. The van der Waals surface area contributed by atoms with E-state index in [1.807, 2.05) is 0 Å². The van der Waals surface area contributed by atoms with Crippen LogP contribution in [-0.4, -0.2) is 15.0 Å². The third-order valence-electron chi connectivity index (χ3n) is 4.00. The highest BCUT2D eigenvalue weighted by Gasteiger charge is 2.43. The van der Waals surface area contributed by atoms with Gasteiger partial charge >= 0.3 is 12.4 Å². The van der Waals surface area contributed by atoms with Crippen molar-refractivity contribution in [2.24, 2.45) is 0 Å². The van der Waals surface area contributed by atoms with Gasteiger partial charge in [0, 0.05) is 12.4 Å². The average Bonchev–Trinajstić information content (AvgIpc) is 2.67. The molecule has 3 aromatic heterocycles. The molecule has 11 heteroatoms. The summed E-state index contributed by atoms with van der Waals surface area (Å²) in [6.07, 6.45) is -7.34. The van der Waals surface area contributed by atoms with Crippen LogP contribution >= 0.6 is 11.6 Å². The van der Waals surface area contributed by atoms with E-state index < -0.39 is 34.5 Å². The lowest BCUT2D eigenvalue weighted by atomic mass is 10.2. The van der Waals surface area contributed by atoms with Crippen molar-refractivity contribution in [1.29, 1.82) is 0 Å². The van der Waals surface area contributed by atoms with Gasteiger partial charge in [-0.1, -0.05) is 23.7 Å². The Morgan fingerprint density at radius 2 is 1.33 bits per heavy atom. The molecule has 0 aromatic carbocycles. The zero-order valence-electron chi connectivity index (χ0n) is 15.0. The fourth-order valence-electron chi connectivity index (χ4n) is 2.66. The average molecular weight is 447 g/mol. The summed E-state index contributed by atoms with van der Waals surface area (Å²) in [5.74, 6) is -0.546. The molecule has 0 atom stereocenters. The monoisotopic (exact) mass is 446 g/mol. The van der Waals surface area contributed by atoms with E-state index in [-0.39, 0.29) is 13.1 Å². The minimum absolute atomic E-state index is 0.0966. The Morgan fingerprint density at radius 1 is 0.800 bits per heavy atom. The Kier molecular flexibility index (Phi) is 6.16. The first-order valence-electron chi connectivity index (χ1n) is 8.45. The van der Waals surface area contributed by atoms with Gasteiger partial charge in [-0.15, -0.1) is 0 Å². The van der Waals surface area contributed by atoms with Gasteiger partial charge in [0.1, 0.15) is 5.82 Å². The molecule has 0 aliphatic carbocycles. The molecule has 0 saturated carbocycles. The van der Waals surface area contributed by atoms with Gasteiger partial charge in [-0.25, -0.2) is 4.98 Å². The first-order valence-corrected chi connectivity index (χ1v) is 8.83. The highest BCUT2D eigenvalue weighted by atomic mass is 35.5. The van der Waals surface area contributed by atoms with Gasteiger partial charge in [-0.3, -0.25) is 9.97 Å². The minimum atomic E-state index is -5.17. The molecule has 4 nitrogen and oxygen atoms in total. The minimum Gasteiger partial charge on any atom is -0.345 e. The molecule has 3 rings (SSSR count). The molecule has 3 heterocycles. The largest absolute Gasteiger partial charge is 0.434 e. The Bertz CT molecular complexity index is 917. The van der Waals surface area contributed by atoms with Crippen LogP contribution in [0.5, 0.6) is 0 Å². The lowest BCUT2D eigenvalue weighted by molar-refractivity contribution is -0.145. The topological polar surface area (TPSA) is 41.9 Å². The molecule has 0 fully saturated rings. The molecular formula is C19H13ClF6N4. The first-order chi connectivity index (χ1) is 14.1. The standard InChI is InChI=1S/C19H13ClF6N4/c20-16-14(18(21,22)23)9-15(29-17(16)19(24,25)26)30(10-12-5-1-3-7-27-12)11-13-6-2-4-8-28-13/h1-9H,10-11H2. The van der Waals surface area contributed by atoms with Crippen LogP contribution in [0.15, 0.2) is 54.9 Å². The lowest BCUT2D eigenvalue weighted by Crippen LogP contribution is -2.26. The lowest BCUT2D eigenvalue weighted by Gasteiger charge is -2.25. The number of hydrogen-bond donors (Lipinski definition) is 0. The summed E-state index contributed by atoms with van der Waals surface area (Å²) in [5.41, 5.74) is -2.57. The van der Waals surface area contributed by atoms with Crippen LogP contribution in [0.4, 0.5) is 32.2 Å². The zero-order valence-corrected chi connectivity index (χ0v) is 15.8. The number of hydrogen-bond acceptors (Lipinski definition) is 4. The van der Waals surface area contributed by atoms with Gasteiger partial charge in [-0.05, 0) is 30.3 Å². The molecule has 0 N–H and O–H groups in total. The number of nitrogens with zero attached hydrogens (tertiary/aromatic N) is 4. The maximum Gasteiger partial charge on any atom is 0.434 e. The van der Waals surface area contributed by atoms with Gasteiger partial charge in [0.05, 0.1) is 35.1 Å². The van der Waals surface area contributed by atoms with Crippen molar-refractivity contribution in [2.75, 3.05) is 4.90 Å². The number of halogens is 7. The van der Waals surface area contributed by atoms with E-state index in [9.17, 15) is 26.3 Å². The summed E-state index contributed by atoms with van der Waals surface area (Å²) in [6.45, 7) is -0.193. The van der Waals surface area contributed by atoms with Crippen LogP contribution in [0.1, 0.15) is 22.6 Å². The second-order valence-electron chi connectivity index (χ2n) is 6.18. The summed E-state index contributed by atoms with van der Waals surface area (Å²) in [5, 5.41) is -1.49. The molecule has 0 spiro atoms. The van der Waals surface area contributed by atoms with E-state index in [2.05, 4.69) is 15.0 Å². The predicted octanol–water partition coefficient (Wildman–Crippen LogP) is 5.77. The Balaban J connectivity index is 2.13. The van der Waals surface area contributed by atoms with Crippen molar-refractivity contribution in [3.05, 3.63) is 82.5 Å². The molecule has 0 bridgehead atoms. The molecule has 3 aromatic rings. The molecule has 0 amide bonds. The third kappa shape index (κ3) is 5.18. The maximum absolute atomic E-state index is 13.4. The molecule has 0 aliphatic heterocycles. The van der Waals surface area contributed by atoms with Gasteiger partial charge in [0.25, 0.3) is 0 Å². The second-order valence-corrected chi connectivity index (χ2v) is 6.56. The van der Waals surface area contributed by atoms with Gasteiger partial charge < -0.3 is 4.90 Å². The summed E-state index contributed by atoms with van der Waals surface area (Å²) in [7, 11) is 0. The van der Waals surface area contributed by atoms with E-state index in [1.54, 1.807) is 36.4 Å². The fourth-order valence-corrected chi connectivity index (χ4v) is 2.98. The highest BCUT2D eigenvalue weighted by molar-refractivity contribution is 6.32. The van der Waals surface area contributed by atoms with Gasteiger partial charge in [-0.2, -0.15) is 26.3 Å². The molecule has 0 radical (unpaired) electrons. The summed E-state index contributed by atoms with van der Waals surface area (Å²) >= 11 is 5.43. The molecule has 0 saturated heterocycles. The van der Waals surface area contributed by atoms with Crippen LogP contribution in [0.25, 0.3) is 0 Å².